The highest BCUT2D eigenvalue weighted by Crippen LogP contribution is 2.20. The van der Waals surface area contributed by atoms with E-state index in [-0.39, 0.29) is 12.3 Å². The van der Waals surface area contributed by atoms with Crippen LogP contribution in [-0.2, 0) is 14.2 Å². The first kappa shape index (κ1) is 12.9. The number of nitrogens with one attached hydrogen (secondary N) is 1. The lowest BCUT2D eigenvalue weighted by atomic mass is 9.98. The molecule has 0 spiro atoms. The van der Waals surface area contributed by atoms with E-state index in [9.17, 15) is 0 Å². The second-order valence-corrected chi connectivity index (χ2v) is 3.94. The largest absolute Gasteiger partial charge is 0.381 e. The van der Waals surface area contributed by atoms with Crippen LogP contribution in [0.2, 0.25) is 0 Å². The summed E-state index contributed by atoms with van der Waals surface area (Å²) in [6.07, 6.45) is 2.03. The first-order valence-electron chi connectivity index (χ1n) is 5.70. The maximum atomic E-state index is 5.41. The molecule has 0 aromatic carbocycles. The van der Waals surface area contributed by atoms with Crippen molar-refractivity contribution < 1.29 is 14.2 Å². The monoisotopic (exact) mass is 217 g/mol. The lowest BCUT2D eigenvalue weighted by Crippen LogP contribution is -2.47. The maximum absolute atomic E-state index is 5.41. The molecule has 0 amide bonds. The molecule has 0 aromatic heterocycles. The van der Waals surface area contributed by atoms with E-state index >= 15 is 0 Å². The number of hydrogen-bond donors (Lipinski definition) is 1. The SMILES string of the molecule is CCCNC(C1CCOC1)C(OC)OC. The molecule has 1 aliphatic rings. The third kappa shape index (κ3) is 3.72. The molecule has 4 nitrogen and oxygen atoms in total. The molecule has 0 saturated carbocycles. The molecule has 1 heterocycles. The highest BCUT2D eigenvalue weighted by Gasteiger charge is 2.31. The minimum Gasteiger partial charge on any atom is -0.381 e. The van der Waals surface area contributed by atoms with E-state index in [4.69, 9.17) is 14.2 Å². The van der Waals surface area contributed by atoms with Gasteiger partial charge in [0.2, 0.25) is 0 Å². The summed E-state index contributed by atoms with van der Waals surface area (Å²) in [6.45, 7) is 4.81. The topological polar surface area (TPSA) is 39.7 Å². The average Bonchev–Trinajstić information content (AvgIpc) is 2.77. The van der Waals surface area contributed by atoms with Gasteiger partial charge in [0.25, 0.3) is 0 Å². The van der Waals surface area contributed by atoms with E-state index < -0.39 is 0 Å². The summed E-state index contributed by atoms with van der Waals surface area (Å²) >= 11 is 0. The zero-order valence-corrected chi connectivity index (χ0v) is 9.99. The van der Waals surface area contributed by atoms with Gasteiger partial charge in [0.15, 0.2) is 6.29 Å². The first-order chi connectivity index (χ1) is 7.33. The Kier molecular flexibility index (Phi) is 6.17. The molecular formula is C11H23NO3. The van der Waals surface area contributed by atoms with Crippen molar-refractivity contribution in [1.82, 2.24) is 5.32 Å². The fourth-order valence-corrected chi connectivity index (χ4v) is 2.02. The quantitative estimate of drug-likeness (QED) is 0.646. The van der Waals surface area contributed by atoms with Crippen molar-refractivity contribution in [2.24, 2.45) is 5.92 Å². The average molecular weight is 217 g/mol. The molecule has 0 aromatic rings. The van der Waals surface area contributed by atoms with Crippen LogP contribution < -0.4 is 5.32 Å². The van der Waals surface area contributed by atoms with Crippen LogP contribution in [0.3, 0.4) is 0 Å². The molecule has 1 N–H and O–H groups in total. The lowest BCUT2D eigenvalue weighted by Gasteiger charge is -2.29. The zero-order chi connectivity index (χ0) is 11.1. The Labute approximate surface area is 92.3 Å². The Bertz CT molecular complexity index is 154. The highest BCUT2D eigenvalue weighted by molar-refractivity contribution is 4.82. The van der Waals surface area contributed by atoms with Gasteiger partial charge in [-0.15, -0.1) is 0 Å². The molecule has 90 valence electrons. The minimum atomic E-state index is -0.178. The normalized spacial score (nSPS) is 23.6. The zero-order valence-electron chi connectivity index (χ0n) is 9.99. The first-order valence-corrected chi connectivity index (χ1v) is 5.70. The summed E-state index contributed by atoms with van der Waals surface area (Å²) < 4.78 is 16.1. The molecule has 0 bridgehead atoms. The fraction of sp³-hybridized carbons (Fsp3) is 1.00. The number of rotatable bonds is 7. The molecule has 4 heteroatoms. The van der Waals surface area contributed by atoms with Crippen molar-refractivity contribution in [2.75, 3.05) is 34.0 Å². The molecule has 0 radical (unpaired) electrons. The van der Waals surface area contributed by atoms with Gasteiger partial charge in [0.05, 0.1) is 12.6 Å². The Morgan fingerprint density at radius 2 is 2.13 bits per heavy atom. The van der Waals surface area contributed by atoms with Crippen LogP contribution in [0.5, 0.6) is 0 Å². The summed E-state index contributed by atoms with van der Waals surface area (Å²) in [5.74, 6) is 0.501. The van der Waals surface area contributed by atoms with Crippen LogP contribution in [0.25, 0.3) is 0 Å². The van der Waals surface area contributed by atoms with Gasteiger partial charge in [-0.2, -0.15) is 0 Å². The van der Waals surface area contributed by atoms with Crippen molar-refractivity contribution in [3.8, 4) is 0 Å². The second kappa shape index (κ2) is 7.17. The molecule has 1 aliphatic heterocycles. The second-order valence-electron chi connectivity index (χ2n) is 3.94. The predicted octanol–water partition coefficient (Wildman–Crippen LogP) is 1.01. The third-order valence-electron chi connectivity index (χ3n) is 2.86. The van der Waals surface area contributed by atoms with Crippen molar-refractivity contribution >= 4 is 0 Å². The van der Waals surface area contributed by atoms with Crippen LogP contribution in [0, 0.1) is 5.92 Å². The smallest absolute Gasteiger partial charge is 0.172 e. The van der Waals surface area contributed by atoms with Crippen molar-refractivity contribution in [2.45, 2.75) is 32.1 Å². The molecule has 2 atom stereocenters. The van der Waals surface area contributed by atoms with Crippen LogP contribution in [0.15, 0.2) is 0 Å². The summed E-state index contributed by atoms with van der Waals surface area (Å²) in [6, 6.07) is 0.238. The van der Waals surface area contributed by atoms with Crippen LogP contribution >= 0.6 is 0 Å². The Hall–Kier alpha value is -0.160. The molecule has 2 unspecified atom stereocenters. The van der Waals surface area contributed by atoms with Gasteiger partial charge in [-0.05, 0) is 19.4 Å². The molecule has 1 rings (SSSR count). The number of hydrogen-bond acceptors (Lipinski definition) is 4. The van der Waals surface area contributed by atoms with E-state index in [1.807, 2.05) is 0 Å². The Morgan fingerprint density at radius 3 is 2.60 bits per heavy atom. The van der Waals surface area contributed by atoms with Gasteiger partial charge < -0.3 is 19.5 Å². The van der Waals surface area contributed by atoms with Gasteiger partial charge in [-0.1, -0.05) is 6.92 Å². The summed E-state index contributed by atoms with van der Waals surface area (Å²) in [5, 5.41) is 3.48. The van der Waals surface area contributed by atoms with Gasteiger partial charge in [0.1, 0.15) is 0 Å². The van der Waals surface area contributed by atoms with Crippen LogP contribution in [0.1, 0.15) is 19.8 Å². The standard InChI is InChI=1S/C11H23NO3/c1-4-6-12-10(11(13-2)14-3)9-5-7-15-8-9/h9-12H,4-8H2,1-3H3. The lowest BCUT2D eigenvalue weighted by molar-refractivity contribution is -0.133. The minimum absolute atomic E-state index is 0.178. The van der Waals surface area contributed by atoms with Crippen LogP contribution in [-0.4, -0.2) is 46.3 Å². The number of ether oxygens (including phenoxy) is 3. The van der Waals surface area contributed by atoms with Gasteiger partial charge >= 0.3 is 0 Å². The van der Waals surface area contributed by atoms with Gasteiger partial charge in [0, 0.05) is 26.7 Å². The van der Waals surface area contributed by atoms with E-state index in [0.717, 1.165) is 32.6 Å². The van der Waals surface area contributed by atoms with E-state index in [1.54, 1.807) is 14.2 Å². The summed E-state index contributed by atoms with van der Waals surface area (Å²) in [7, 11) is 3.37. The molecular weight excluding hydrogens is 194 g/mol. The fourth-order valence-electron chi connectivity index (χ4n) is 2.02. The Morgan fingerprint density at radius 1 is 1.40 bits per heavy atom. The van der Waals surface area contributed by atoms with Gasteiger partial charge in [-0.25, -0.2) is 0 Å². The maximum Gasteiger partial charge on any atom is 0.172 e. The van der Waals surface area contributed by atoms with Crippen molar-refractivity contribution in [3.63, 3.8) is 0 Å². The molecule has 1 saturated heterocycles. The van der Waals surface area contributed by atoms with E-state index in [0.29, 0.717) is 5.92 Å². The molecule has 15 heavy (non-hydrogen) atoms. The number of methoxy groups -OCH3 is 2. The van der Waals surface area contributed by atoms with Crippen molar-refractivity contribution in [3.05, 3.63) is 0 Å². The van der Waals surface area contributed by atoms with Crippen LogP contribution in [0.4, 0.5) is 0 Å². The van der Waals surface area contributed by atoms with Gasteiger partial charge in [-0.3, -0.25) is 0 Å². The highest BCUT2D eigenvalue weighted by atomic mass is 16.7. The predicted molar refractivity (Wildman–Crippen MR) is 58.8 cm³/mol. The summed E-state index contributed by atoms with van der Waals surface area (Å²) in [5.41, 5.74) is 0. The molecule has 1 fully saturated rings. The van der Waals surface area contributed by atoms with E-state index in [1.165, 1.54) is 0 Å². The molecule has 0 aliphatic carbocycles. The van der Waals surface area contributed by atoms with E-state index in [2.05, 4.69) is 12.2 Å². The summed E-state index contributed by atoms with van der Waals surface area (Å²) in [4.78, 5) is 0. The van der Waals surface area contributed by atoms with Crippen molar-refractivity contribution in [1.29, 1.82) is 0 Å². The Balaban J connectivity index is 2.49. The third-order valence-corrected chi connectivity index (χ3v) is 2.86.